The predicted octanol–water partition coefficient (Wildman–Crippen LogP) is 4.56. The highest BCUT2D eigenvalue weighted by Crippen LogP contribution is 2.34. The third-order valence-corrected chi connectivity index (χ3v) is 2.72. The van der Waals surface area contributed by atoms with Crippen LogP contribution in [0, 0.1) is 5.41 Å². The van der Waals surface area contributed by atoms with Gasteiger partial charge in [0, 0.05) is 0 Å². The van der Waals surface area contributed by atoms with Crippen molar-refractivity contribution in [2.24, 2.45) is 5.41 Å². The fourth-order valence-corrected chi connectivity index (χ4v) is 2.11. The van der Waals surface area contributed by atoms with Crippen molar-refractivity contribution in [1.82, 2.24) is 0 Å². The van der Waals surface area contributed by atoms with Crippen LogP contribution in [0.4, 0.5) is 0 Å². The summed E-state index contributed by atoms with van der Waals surface area (Å²) in [5.41, 5.74) is 0.512. The van der Waals surface area contributed by atoms with Gasteiger partial charge in [-0.1, -0.05) is 45.8 Å². The van der Waals surface area contributed by atoms with E-state index in [0.29, 0.717) is 5.41 Å². The smallest absolute Gasteiger partial charge is 0.0121 e. The van der Waals surface area contributed by atoms with E-state index in [1.807, 2.05) is 0 Å². The number of rotatable bonds is 6. The van der Waals surface area contributed by atoms with Crippen LogP contribution in [0.25, 0.3) is 0 Å². The highest BCUT2D eigenvalue weighted by atomic mass is 14.3. The van der Waals surface area contributed by atoms with Crippen LogP contribution in [-0.2, 0) is 0 Å². The summed E-state index contributed by atoms with van der Waals surface area (Å²) in [4.78, 5) is 0. The number of hydrogen-bond acceptors (Lipinski definition) is 0. The SMILES string of the molecule is CC=CC(CC)(CCC)CCC. The van der Waals surface area contributed by atoms with Gasteiger partial charge in [-0.25, -0.2) is 0 Å². The Morgan fingerprint density at radius 1 is 1.00 bits per heavy atom. The average molecular weight is 168 g/mol. The fraction of sp³-hybridized carbons (Fsp3) is 0.833. The maximum absolute atomic E-state index is 2.42. The lowest BCUT2D eigenvalue weighted by molar-refractivity contribution is 0.303. The summed E-state index contributed by atoms with van der Waals surface area (Å²) in [6.45, 7) is 9.01. The standard InChI is InChI=1S/C12H24/c1-5-9-12(8-4,10-6-2)11-7-3/h5,9H,6-8,10-11H2,1-4H3. The minimum atomic E-state index is 0.512. The molecule has 0 heterocycles. The highest BCUT2D eigenvalue weighted by molar-refractivity contribution is 4.97. The molecule has 0 nitrogen and oxygen atoms in total. The average Bonchev–Trinajstić information content (AvgIpc) is 2.06. The van der Waals surface area contributed by atoms with Crippen LogP contribution in [0.1, 0.15) is 59.8 Å². The first-order chi connectivity index (χ1) is 5.74. The summed E-state index contributed by atoms with van der Waals surface area (Å²) in [6, 6.07) is 0. The lowest BCUT2D eigenvalue weighted by atomic mass is 9.77. The molecule has 0 aliphatic rings. The molecule has 0 aliphatic carbocycles. The zero-order valence-electron chi connectivity index (χ0n) is 9.19. The normalized spacial score (nSPS) is 12.7. The van der Waals surface area contributed by atoms with E-state index in [4.69, 9.17) is 0 Å². The predicted molar refractivity (Wildman–Crippen MR) is 57.4 cm³/mol. The van der Waals surface area contributed by atoms with Crippen LogP contribution in [0.2, 0.25) is 0 Å². The number of allylic oxidation sites excluding steroid dienone is 2. The fourth-order valence-electron chi connectivity index (χ4n) is 2.11. The third kappa shape index (κ3) is 3.42. The van der Waals surface area contributed by atoms with Crippen LogP contribution in [0.3, 0.4) is 0 Å². The largest absolute Gasteiger partial charge is 0.0911 e. The minimum absolute atomic E-state index is 0.512. The van der Waals surface area contributed by atoms with Gasteiger partial charge in [0.25, 0.3) is 0 Å². The zero-order chi connectivity index (χ0) is 9.45. The molecular formula is C12H24. The van der Waals surface area contributed by atoms with Gasteiger partial charge in [0.1, 0.15) is 0 Å². The van der Waals surface area contributed by atoms with Crippen molar-refractivity contribution in [1.29, 1.82) is 0 Å². The molecule has 0 fully saturated rings. The highest BCUT2D eigenvalue weighted by Gasteiger charge is 2.21. The van der Waals surface area contributed by atoms with Crippen LogP contribution in [-0.4, -0.2) is 0 Å². The summed E-state index contributed by atoms with van der Waals surface area (Å²) in [5.74, 6) is 0. The maximum atomic E-state index is 2.42. The van der Waals surface area contributed by atoms with Crippen LogP contribution >= 0.6 is 0 Å². The first-order valence-corrected chi connectivity index (χ1v) is 5.38. The molecule has 0 spiro atoms. The molecule has 0 aromatic rings. The minimum Gasteiger partial charge on any atom is -0.0911 e. The van der Waals surface area contributed by atoms with Gasteiger partial charge in [0.05, 0.1) is 0 Å². The Labute approximate surface area is 78.1 Å². The van der Waals surface area contributed by atoms with Crippen molar-refractivity contribution in [2.45, 2.75) is 59.8 Å². The molecule has 0 saturated carbocycles. The Morgan fingerprint density at radius 2 is 1.50 bits per heavy atom. The molecular weight excluding hydrogens is 144 g/mol. The molecule has 0 amide bonds. The van der Waals surface area contributed by atoms with E-state index in [0.717, 1.165) is 0 Å². The topological polar surface area (TPSA) is 0 Å². The molecule has 0 saturated heterocycles. The Bertz CT molecular complexity index is 116. The van der Waals surface area contributed by atoms with Crippen molar-refractivity contribution in [3.8, 4) is 0 Å². The Hall–Kier alpha value is -0.260. The van der Waals surface area contributed by atoms with E-state index < -0.39 is 0 Å². The van der Waals surface area contributed by atoms with Gasteiger partial charge in [0.2, 0.25) is 0 Å². The first kappa shape index (κ1) is 11.7. The van der Waals surface area contributed by atoms with Crippen molar-refractivity contribution in [2.75, 3.05) is 0 Å². The van der Waals surface area contributed by atoms with Crippen molar-refractivity contribution < 1.29 is 0 Å². The quantitative estimate of drug-likeness (QED) is 0.510. The molecule has 0 heteroatoms. The van der Waals surface area contributed by atoms with Crippen molar-refractivity contribution in [3.63, 3.8) is 0 Å². The number of hydrogen-bond donors (Lipinski definition) is 0. The summed E-state index contributed by atoms with van der Waals surface area (Å²) in [7, 11) is 0. The molecule has 0 atom stereocenters. The van der Waals surface area contributed by atoms with E-state index in [9.17, 15) is 0 Å². The molecule has 72 valence electrons. The molecule has 0 N–H and O–H groups in total. The molecule has 0 unspecified atom stereocenters. The van der Waals surface area contributed by atoms with Gasteiger partial charge < -0.3 is 0 Å². The van der Waals surface area contributed by atoms with Crippen molar-refractivity contribution in [3.05, 3.63) is 12.2 Å². The van der Waals surface area contributed by atoms with Crippen LogP contribution < -0.4 is 0 Å². The lowest BCUT2D eigenvalue weighted by Crippen LogP contribution is -2.16. The van der Waals surface area contributed by atoms with E-state index in [-0.39, 0.29) is 0 Å². The molecule has 0 aliphatic heterocycles. The van der Waals surface area contributed by atoms with E-state index >= 15 is 0 Å². The second-order valence-corrected chi connectivity index (χ2v) is 3.72. The van der Waals surface area contributed by atoms with Gasteiger partial charge in [0.15, 0.2) is 0 Å². The molecule has 12 heavy (non-hydrogen) atoms. The van der Waals surface area contributed by atoms with Gasteiger partial charge in [-0.05, 0) is 31.6 Å². The zero-order valence-corrected chi connectivity index (χ0v) is 9.19. The molecule has 0 bridgehead atoms. The Balaban J connectivity index is 4.27. The summed E-state index contributed by atoms with van der Waals surface area (Å²) in [5, 5.41) is 0. The van der Waals surface area contributed by atoms with Crippen LogP contribution in [0.15, 0.2) is 12.2 Å². The summed E-state index contributed by atoms with van der Waals surface area (Å²) >= 11 is 0. The monoisotopic (exact) mass is 168 g/mol. The lowest BCUT2D eigenvalue weighted by Gasteiger charge is -2.28. The van der Waals surface area contributed by atoms with E-state index in [2.05, 4.69) is 39.8 Å². The second kappa shape index (κ2) is 6.28. The van der Waals surface area contributed by atoms with Crippen LogP contribution in [0.5, 0.6) is 0 Å². The Morgan fingerprint density at radius 3 is 1.75 bits per heavy atom. The van der Waals surface area contributed by atoms with E-state index in [1.54, 1.807) is 0 Å². The molecule has 0 rings (SSSR count). The van der Waals surface area contributed by atoms with Gasteiger partial charge in [-0.15, -0.1) is 0 Å². The van der Waals surface area contributed by atoms with Gasteiger partial charge in [-0.3, -0.25) is 0 Å². The van der Waals surface area contributed by atoms with E-state index in [1.165, 1.54) is 32.1 Å². The first-order valence-electron chi connectivity index (χ1n) is 5.38. The molecule has 0 radical (unpaired) electrons. The second-order valence-electron chi connectivity index (χ2n) is 3.72. The Kier molecular flexibility index (Phi) is 6.14. The molecule has 0 aromatic heterocycles. The maximum Gasteiger partial charge on any atom is -0.0121 e. The summed E-state index contributed by atoms with van der Waals surface area (Å²) in [6.07, 6.45) is 11.2. The molecule has 0 aromatic carbocycles. The van der Waals surface area contributed by atoms with Gasteiger partial charge in [-0.2, -0.15) is 0 Å². The van der Waals surface area contributed by atoms with Gasteiger partial charge >= 0.3 is 0 Å². The summed E-state index contributed by atoms with van der Waals surface area (Å²) < 4.78 is 0. The van der Waals surface area contributed by atoms with Crippen molar-refractivity contribution >= 4 is 0 Å². The third-order valence-electron chi connectivity index (χ3n) is 2.72.